The van der Waals surface area contributed by atoms with Crippen molar-refractivity contribution in [3.05, 3.63) is 45.4 Å². The third kappa shape index (κ3) is 3.08. The van der Waals surface area contributed by atoms with Crippen molar-refractivity contribution < 1.29 is 4.79 Å². The number of thiazole rings is 1. The summed E-state index contributed by atoms with van der Waals surface area (Å²) in [7, 11) is 0. The van der Waals surface area contributed by atoms with Gasteiger partial charge in [-0.1, -0.05) is 0 Å². The summed E-state index contributed by atoms with van der Waals surface area (Å²) in [6, 6.07) is 5.82. The monoisotopic (exact) mass is 301 g/mol. The Hall–Kier alpha value is -1.88. The Bertz CT molecular complexity index is 665. The number of hydrogen-bond donors (Lipinski definition) is 2. The molecule has 4 nitrogen and oxygen atoms in total. The van der Waals surface area contributed by atoms with E-state index >= 15 is 0 Å². The smallest absolute Gasteiger partial charge is 0.251 e. The average Bonchev–Trinajstić information content (AvgIpc) is 2.93. The third-order valence-electron chi connectivity index (χ3n) is 3.66. The summed E-state index contributed by atoms with van der Waals surface area (Å²) in [6.07, 6.45) is 3.99. The van der Waals surface area contributed by atoms with Crippen molar-refractivity contribution in [3.63, 3.8) is 0 Å². The summed E-state index contributed by atoms with van der Waals surface area (Å²) in [4.78, 5) is 17.9. The molecule has 21 heavy (non-hydrogen) atoms. The number of hydrogen-bond acceptors (Lipinski definition) is 4. The maximum Gasteiger partial charge on any atom is 0.251 e. The van der Waals surface area contributed by atoms with E-state index in [1.165, 1.54) is 5.56 Å². The summed E-state index contributed by atoms with van der Waals surface area (Å²) in [5, 5.41) is 7.32. The first kappa shape index (κ1) is 14.1. The highest BCUT2D eigenvalue weighted by Crippen LogP contribution is 2.24. The van der Waals surface area contributed by atoms with Crippen molar-refractivity contribution in [2.24, 2.45) is 0 Å². The molecule has 0 aliphatic carbocycles. The van der Waals surface area contributed by atoms with Crippen LogP contribution < -0.4 is 10.6 Å². The molecule has 1 aromatic carbocycles. The molecule has 1 unspecified atom stereocenters. The van der Waals surface area contributed by atoms with Gasteiger partial charge in [0.1, 0.15) is 5.01 Å². The number of aryl methyl sites for hydroxylation is 2. The van der Waals surface area contributed by atoms with Crippen LogP contribution in [0, 0.1) is 6.92 Å². The van der Waals surface area contributed by atoms with Gasteiger partial charge in [-0.25, -0.2) is 4.98 Å². The standard InChI is InChI=1S/C16H19N3OS/c1-10-9-18-16(21-10)11(2)19-15(20)13-5-6-14-12(8-13)4-3-7-17-14/h5-6,8-9,11,17H,3-4,7H2,1-2H3,(H,19,20). The number of rotatable bonds is 3. The molecule has 110 valence electrons. The third-order valence-corrected chi connectivity index (χ3v) is 4.76. The van der Waals surface area contributed by atoms with Gasteiger partial charge in [-0.15, -0.1) is 11.3 Å². The van der Waals surface area contributed by atoms with Gasteiger partial charge in [-0.3, -0.25) is 4.79 Å². The van der Waals surface area contributed by atoms with Gasteiger partial charge in [0.2, 0.25) is 0 Å². The van der Waals surface area contributed by atoms with Gasteiger partial charge in [0, 0.05) is 28.9 Å². The molecule has 5 heteroatoms. The molecule has 0 saturated carbocycles. The predicted octanol–water partition coefficient (Wildman–Crippen LogP) is 3.30. The zero-order valence-electron chi connectivity index (χ0n) is 12.3. The molecule has 1 aromatic heterocycles. The van der Waals surface area contributed by atoms with Gasteiger partial charge < -0.3 is 10.6 Å². The zero-order valence-corrected chi connectivity index (χ0v) is 13.1. The number of aromatic nitrogens is 1. The van der Waals surface area contributed by atoms with Crippen LogP contribution in [-0.4, -0.2) is 17.4 Å². The van der Waals surface area contributed by atoms with Crippen LogP contribution in [0.15, 0.2) is 24.4 Å². The molecule has 0 radical (unpaired) electrons. The highest BCUT2D eigenvalue weighted by Gasteiger charge is 2.16. The van der Waals surface area contributed by atoms with E-state index in [-0.39, 0.29) is 11.9 Å². The first-order valence-electron chi connectivity index (χ1n) is 7.23. The van der Waals surface area contributed by atoms with Crippen molar-refractivity contribution in [3.8, 4) is 0 Å². The largest absolute Gasteiger partial charge is 0.385 e. The summed E-state index contributed by atoms with van der Waals surface area (Å²) in [5.41, 5.74) is 3.10. The maximum absolute atomic E-state index is 12.4. The number of fused-ring (bicyclic) bond motifs is 1. The summed E-state index contributed by atoms with van der Waals surface area (Å²) in [6.45, 7) is 5.00. The summed E-state index contributed by atoms with van der Waals surface area (Å²) in [5.74, 6) is -0.0382. The fourth-order valence-corrected chi connectivity index (χ4v) is 3.31. The van der Waals surface area contributed by atoms with Gasteiger partial charge >= 0.3 is 0 Å². The molecule has 2 N–H and O–H groups in total. The Morgan fingerprint density at radius 1 is 1.48 bits per heavy atom. The second-order valence-corrected chi connectivity index (χ2v) is 6.67. The number of carbonyl (C=O) groups excluding carboxylic acids is 1. The fraction of sp³-hybridized carbons (Fsp3) is 0.375. The lowest BCUT2D eigenvalue weighted by Crippen LogP contribution is -2.27. The topological polar surface area (TPSA) is 54.0 Å². The number of nitrogens with one attached hydrogen (secondary N) is 2. The molecule has 0 bridgehead atoms. The van der Waals surface area contributed by atoms with Gasteiger partial charge in [0.15, 0.2) is 0 Å². The van der Waals surface area contributed by atoms with Crippen LogP contribution in [0.5, 0.6) is 0 Å². The molecule has 1 aliphatic heterocycles. The van der Waals surface area contributed by atoms with Gasteiger partial charge in [0.05, 0.1) is 6.04 Å². The zero-order chi connectivity index (χ0) is 14.8. The number of amides is 1. The van der Waals surface area contributed by atoms with E-state index in [9.17, 15) is 4.79 Å². The molecule has 0 saturated heterocycles. The fourth-order valence-electron chi connectivity index (χ4n) is 2.53. The Kier molecular flexibility index (Phi) is 3.92. The van der Waals surface area contributed by atoms with Crippen LogP contribution >= 0.6 is 11.3 Å². The van der Waals surface area contributed by atoms with Gasteiger partial charge in [-0.2, -0.15) is 0 Å². The lowest BCUT2D eigenvalue weighted by molar-refractivity contribution is 0.0939. The molecule has 0 fully saturated rings. The molecule has 2 heterocycles. The molecule has 1 atom stereocenters. The molecule has 2 aromatic rings. The van der Waals surface area contributed by atoms with E-state index in [2.05, 4.69) is 15.6 Å². The van der Waals surface area contributed by atoms with E-state index in [1.807, 2.05) is 38.2 Å². The quantitative estimate of drug-likeness (QED) is 0.914. The number of nitrogens with zero attached hydrogens (tertiary/aromatic N) is 1. The second kappa shape index (κ2) is 5.85. The van der Waals surface area contributed by atoms with Crippen molar-refractivity contribution in [1.29, 1.82) is 0 Å². The molecular formula is C16H19N3OS. The Balaban J connectivity index is 1.73. The Morgan fingerprint density at radius 2 is 2.33 bits per heavy atom. The minimum absolute atomic E-state index is 0.0382. The van der Waals surface area contributed by atoms with E-state index in [0.29, 0.717) is 0 Å². The van der Waals surface area contributed by atoms with E-state index in [1.54, 1.807) is 11.3 Å². The SMILES string of the molecule is Cc1cnc(C(C)NC(=O)c2ccc3c(c2)CCCN3)s1. The van der Waals surface area contributed by atoms with Crippen molar-refractivity contribution in [2.75, 3.05) is 11.9 Å². The normalized spacial score (nSPS) is 15.0. The second-order valence-electron chi connectivity index (χ2n) is 5.41. The van der Waals surface area contributed by atoms with Gasteiger partial charge in [-0.05, 0) is 50.5 Å². The molecule has 1 amide bonds. The summed E-state index contributed by atoms with van der Waals surface area (Å²) >= 11 is 1.62. The maximum atomic E-state index is 12.4. The minimum Gasteiger partial charge on any atom is -0.385 e. The van der Waals surface area contributed by atoms with E-state index in [4.69, 9.17) is 0 Å². The Labute approximate surface area is 128 Å². The number of anilines is 1. The summed E-state index contributed by atoms with van der Waals surface area (Å²) < 4.78 is 0. The molecule has 0 spiro atoms. The first-order chi connectivity index (χ1) is 10.1. The number of carbonyl (C=O) groups is 1. The van der Waals surface area contributed by atoms with Gasteiger partial charge in [0.25, 0.3) is 5.91 Å². The van der Waals surface area contributed by atoms with Crippen LogP contribution in [0.4, 0.5) is 5.69 Å². The molecule has 3 rings (SSSR count). The predicted molar refractivity (Wildman–Crippen MR) is 86.0 cm³/mol. The Morgan fingerprint density at radius 3 is 3.10 bits per heavy atom. The van der Waals surface area contributed by atoms with Crippen LogP contribution in [0.25, 0.3) is 0 Å². The molecular weight excluding hydrogens is 282 g/mol. The molecule has 1 aliphatic rings. The number of benzene rings is 1. The van der Waals surface area contributed by atoms with E-state index in [0.717, 1.165) is 40.5 Å². The highest BCUT2D eigenvalue weighted by molar-refractivity contribution is 7.11. The van der Waals surface area contributed by atoms with Crippen LogP contribution in [-0.2, 0) is 6.42 Å². The highest BCUT2D eigenvalue weighted by atomic mass is 32.1. The van der Waals surface area contributed by atoms with E-state index < -0.39 is 0 Å². The van der Waals surface area contributed by atoms with Crippen molar-refractivity contribution in [1.82, 2.24) is 10.3 Å². The van der Waals surface area contributed by atoms with Crippen LogP contribution in [0.1, 0.15) is 45.2 Å². The minimum atomic E-state index is -0.0645. The van der Waals surface area contributed by atoms with Crippen LogP contribution in [0.2, 0.25) is 0 Å². The van der Waals surface area contributed by atoms with Crippen molar-refractivity contribution in [2.45, 2.75) is 32.7 Å². The lowest BCUT2D eigenvalue weighted by atomic mass is 10.0. The first-order valence-corrected chi connectivity index (χ1v) is 8.05. The van der Waals surface area contributed by atoms with Crippen LogP contribution in [0.3, 0.4) is 0 Å². The lowest BCUT2D eigenvalue weighted by Gasteiger charge is -2.19. The average molecular weight is 301 g/mol. The van der Waals surface area contributed by atoms with Crippen molar-refractivity contribution >= 4 is 22.9 Å².